The van der Waals surface area contributed by atoms with Crippen LogP contribution in [0.25, 0.3) is 0 Å². The minimum absolute atomic E-state index is 0.0702. The average molecular weight is 296 g/mol. The molecular formula is C18H17FN2O. The topological polar surface area (TPSA) is 32.3 Å². The molecule has 0 saturated carbocycles. The van der Waals surface area contributed by atoms with E-state index in [4.69, 9.17) is 0 Å². The molecular weight excluding hydrogens is 279 g/mol. The van der Waals surface area contributed by atoms with Crippen LogP contribution in [0.2, 0.25) is 0 Å². The lowest BCUT2D eigenvalue weighted by atomic mass is 9.74. The Morgan fingerprint density at radius 2 is 1.77 bits per heavy atom. The summed E-state index contributed by atoms with van der Waals surface area (Å²) in [6.07, 6.45) is 1.43. The van der Waals surface area contributed by atoms with Crippen molar-refractivity contribution in [2.45, 2.75) is 18.3 Å². The second kappa shape index (κ2) is 4.92. The highest BCUT2D eigenvalue weighted by Crippen LogP contribution is 2.49. The second-order valence-corrected chi connectivity index (χ2v) is 5.97. The van der Waals surface area contributed by atoms with E-state index >= 15 is 0 Å². The van der Waals surface area contributed by atoms with Gasteiger partial charge in [-0.15, -0.1) is 0 Å². The normalized spacial score (nSPS) is 19.5. The highest BCUT2D eigenvalue weighted by molar-refractivity contribution is 6.13. The highest BCUT2D eigenvalue weighted by Gasteiger charge is 2.51. The Balaban J connectivity index is 1.91. The molecule has 1 amide bonds. The summed E-state index contributed by atoms with van der Waals surface area (Å²) in [7, 11) is 0. The van der Waals surface area contributed by atoms with Gasteiger partial charge in [-0.2, -0.15) is 0 Å². The van der Waals surface area contributed by atoms with Crippen LogP contribution in [0.4, 0.5) is 15.8 Å². The zero-order chi connectivity index (χ0) is 15.2. The minimum Gasteiger partial charge on any atom is -0.317 e. The number of para-hydroxylation sites is 1. The van der Waals surface area contributed by atoms with Crippen LogP contribution in [0.1, 0.15) is 18.4 Å². The van der Waals surface area contributed by atoms with Gasteiger partial charge in [0, 0.05) is 5.69 Å². The summed E-state index contributed by atoms with van der Waals surface area (Å²) in [5.41, 5.74) is 1.91. The third-order valence-electron chi connectivity index (χ3n) is 4.80. The van der Waals surface area contributed by atoms with Gasteiger partial charge in [0.2, 0.25) is 5.91 Å². The molecule has 0 aromatic heterocycles. The van der Waals surface area contributed by atoms with Gasteiger partial charge in [0.05, 0.1) is 11.1 Å². The molecule has 4 heteroatoms. The van der Waals surface area contributed by atoms with Gasteiger partial charge in [-0.05, 0) is 61.8 Å². The summed E-state index contributed by atoms with van der Waals surface area (Å²) < 4.78 is 13.8. The maximum Gasteiger partial charge on any atom is 0.242 e. The van der Waals surface area contributed by atoms with E-state index < -0.39 is 5.41 Å². The van der Waals surface area contributed by atoms with Crippen molar-refractivity contribution in [1.29, 1.82) is 0 Å². The monoisotopic (exact) mass is 296 g/mol. The Morgan fingerprint density at radius 3 is 2.50 bits per heavy atom. The smallest absolute Gasteiger partial charge is 0.242 e. The fourth-order valence-electron chi connectivity index (χ4n) is 3.70. The molecule has 0 radical (unpaired) electrons. The van der Waals surface area contributed by atoms with E-state index in [9.17, 15) is 9.18 Å². The number of hydrogen-bond acceptors (Lipinski definition) is 2. The fourth-order valence-corrected chi connectivity index (χ4v) is 3.70. The number of halogens is 1. The van der Waals surface area contributed by atoms with Crippen molar-refractivity contribution in [3.05, 3.63) is 59.9 Å². The number of carbonyl (C=O) groups excluding carboxylic acids is 1. The first kappa shape index (κ1) is 13.5. The standard InChI is InChI=1S/C18H17FN2O/c19-13-6-7-16-15(12-13)18(8-10-20-11-9-18)17(22)21(16)14-4-2-1-3-5-14/h1-7,12,20H,8-11H2. The highest BCUT2D eigenvalue weighted by atomic mass is 19.1. The predicted octanol–water partition coefficient (Wildman–Crippen LogP) is 3.13. The van der Waals surface area contributed by atoms with E-state index in [1.54, 1.807) is 17.0 Å². The third kappa shape index (κ3) is 1.80. The van der Waals surface area contributed by atoms with E-state index in [0.29, 0.717) is 12.8 Å². The lowest BCUT2D eigenvalue weighted by Crippen LogP contribution is -2.46. The van der Waals surface area contributed by atoms with Crippen molar-refractivity contribution in [3.63, 3.8) is 0 Å². The number of hydrogen-bond donors (Lipinski definition) is 1. The summed E-state index contributed by atoms with van der Waals surface area (Å²) in [4.78, 5) is 15.0. The Bertz CT molecular complexity index is 723. The summed E-state index contributed by atoms with van der Waals surface area (Å²) in [5, 5.41) is 3.29. The van der Waals surface area contributed by atoms with E-state index in [1.165, 1.54) is 6.07 Å². The molecule has 112 valence electrons. The van der Waals surface area contributed by atoms with Gasteiger partial charge >= 0.3 is 0 Å². The number of rotatable bonds is 1. The Kier molecular flexibility index (Phi) is 3.01. The molecule has 4 rings (SSSR count). The van der Waals surface area contributed by atoms with Crippen molar-refractivity contribution < 1.29 is 9.18 Å². The van der Waals surface area contributed by atoms with E-state index in [0.717, 1.165) is 30.0 Å². The number of nitrogens with zero attached hydrogens (tertiary/aromatic N) is 1. The predicted molar refractivity (Wildman–Crippen MR) is 83.8 cm³/mol. The molecule has 0 aliphatic carbocycles. The summed E-state index contributed by atoms with van der Waals surface area (Å²) >= 11 is 0. The molecule has 2 aromatic rings. The number of carbonyl (C=O) groups is 1. The first-order chi connectivity index (χ1) is 10.7. The molecule has 2 aromatic carbocycles. The third-order valence-corrected chi connectivity index (χ3v) is 4.80. The molecule has 0 unspecified atom stereocenters. The van der Waals surface area contributed by atoms with E-state index in [-0.39, 0.29) is 11.7 Å². The molecule has 22 heavy (non-hydrogen) atoms. The fraction of sp³-hybridized carbons (Fsp3) is 0.278. The maximum atomic E-state index is 13.8. The van der Waals surface area contributed by atoms with Crippen LogP contribution in [0.5, 0.6) is 0 Å². The van der Waals surface area contributed by atoms with Crippen LogP contribution in [-0.4, -0.2) is 19.0 Å². The maximum absolute atomic E-state index is 13.8. The Hall–Kier alpha value is -2.20. The number of amides is 1. The van der Waals surface area contributed by atoms with Crippen molar-refractivity contribution in [2.24, 2.45) is 0 Å². The SMILES string of the molecule is O=C1N(c2ccccc2)c2ccc(F)cc2C12CCNCC2. The lowest BCUT2D eigenvalue weighted by molar-refractivity contribution is -0.123. The number of nitrogens with one attached hydrogen (secondary N) is 1. The van der Waals surface area contributed by atoms with Crippen molar-refractivity contribution in [2.75, 3.05) is 18.0 Å². The van der Waals surface area contributed by atoms with Gasteiger partial charge < -0.3 is 5.32 Å². The van der Waals surface area contributed by atoms with Crippen molar-refractivity contribution in [1.82, 2.24) is 5.32 Å². The van der Waals surface area contributed by atoms with Crippen LogP contribution >= 0.6 is 0 Å². The van der Waals surface area contributed by atoms with Crippen LogP contribution in [-0.2, 0) is 10.2 Å². The van der Waals surface area contributed by atoms with Gasteiger partial charge in [-0.3, -0.25) is 9.69 Å². The zero-order valence-electron chi connectivity index (χ0n) is 12.2. The number of piperidine rings is 1. The molecule has 0 bridgehead atoms. The largest absolute Gasteiger partial charge is 0.317 e. The molecule has 1 fully saturated rings. The molecule has 1 spiro atoms. The Labute approximate surface area is 128 Å². The summed E-state index contributed by atoms with van der Waals surface area (Å²) in [5.74, 6) is -0.208. The van der Waals surface area contributed by atoms with E-state index in [2.05, 4.69) is 5.32 Å². The van der Waals surface area contributed by atoms with Gasteiger partial charge in [0.25, 0.3) is 0 Å². The molecule has 2 aliphatic rings. The summed E-state index contributed by atoms with van der Waals surface area (Å²) in [6, 6.07) is 14.3. The number of anilines is 2. The summed E-state index contributed by atoms with van der Waals surface area (Å²) in [6.45, 7) is 1.56. The molecule has 0 atom stereocenters. The molecule has 2 aliphatic heterocycles. The number of fused-ring (bicyclic) bond motifs is 2. The van der Waals surface area contributed by atoms with Gasteiger partial charge in [0.1, 0.15) is 5.82 Å². The molecule has 1 saturated heterocycles. The molecule has 3 nitrogen and oxygen atoms in total. The number of benzene rings is 2. The first-order valence-electron chi connectivity index (χ1n) is 7.63. The Morgan fingerprint density at radius 1 is 1.05 bits per heavy atom. The van der Waals surface area contributed by atoms with Gasteiger partial charge in [-0.25, -0.2) is 4.39 Å². The van der Waals surface area contributed by atoms with Crippen molar-refractivity contribution >= 4 is 17.3 Å². The second-order valence-electron chi connectivity index (χ2n) is 5.97. The van der Waals surface area contributed by atoms with Crippen LogP contribution in [0, 0.1) is 5.82 Å². The lowest BCUT2D eigenvalue weighted by Gasteiger charge is -2.33. The van der Waals surface area contributed by atoms with Crippen molar-refractivity contribution in [3.8, 4) is 0 Å². The van der Waals surface area contributed by atoms with Crippen LogP contribution < -0.4 is 10.2 Å². The first-order valence-corrected chi connectivity index (χ1v) is 7.63. The minimum atomic E-state index is -0.585. The van der Waals surface area contributed by atoms with E-state index in [1.807, 2.05) is 30.3 Å². The molecule has 1 N–H and O–H groups in total. The van der Waals surface area contributed by atoms with Crippen LogP contribution in [0.3, 0.4) is 0 Å². The molecule has 2 heterocycles. The quantitative estimate of drug-likeness (QED) is 0.877. The zero-order valence-corrected chi connectivity index (χ0v) is 12.2. The van der Waals surface area contributed by atoms with Crippen LogP contribution in [0.15, 0.2) is 48.5 Å². The van der Waals surface area contributed by atoms with Gasteiger partial charge in [0.15, 0.2) is 0 Å². The van der Waals surface area contributed by atoms with Gasteiger partial charge in [-0.1, -0.05) is 18.2 Å². The average Bonchev–Trinajstić information content (AvgIpc) is 2.78.